The van der Waals surface area contributed by atoms with Crippen molar-refractivity contribution >= 4 is 17.6 Å². The number of nitrogens with zero attached hydrogens (tertiary/aromatic N) is 2. The summed E-state index contributed by atoms with van der Waals surface area (Å²) in [5.41, 5.74) is 2.00. The first-order valence-corrected chi connectivity index (χ1v) is 10.9. The van der Waals surface area contributed by atoms with E-state index in [0.717, 1.165) is 45.2 Å². The van der Waals surface area contributed by atoms with Crippen molar-refractivity contribution in [1.29, 1.82) is 0 Å². The summed E-state index contributed by atoms with van der Waals surface area (Å²) >= 11 is 0. The maximum absolute atomic E-state index is 12.6. The van der Waals surface area contributed by atoms with Crippen LogP contribution in [0.3, 0.4) is 0 Å². The number of carbonyl (C=O) groups is 2. The Morgan fingerprint density at radius 3 is 2.39 bits per heavy atom. The van der Waals surface area contributed by atoms with Crippen molar-refractivity contribution in [1.82, 2.24) is 15.5 Å². The normalized spacial score (nSPS) is 21.6. The van der Waals surface area contributed by atoms with Gasteiger partial charge in [-0.05, 0) is 62.8 Å². The summed E-state index contributed by atoms with van der Waals surface area (Å²) in [6, 6.07) is 8.61. The van der Waals surface area contributed by atoms with Crippen LogP contribution in [0.4, 0.5) is 10.5 Å². The molecule has 6 nitrogen and oxygen atoms in total. The van der Waals surface area contributed by atoms with Gasteiger partial charge in [0, 0.05) is 31.9 Å². The maximum Gasteiger partial charge on any atom is 0.325 e. The first kappa shape index (κ1) is 19.2. The highest BCUT2D eigenvalue weighted by Gasteiger charge is 2.51. The summed E-state index contributed by atoms with van der Waals surface area (Å²) < 4.78 is 0. The smallest absolute Gasteiger partial charge is 0.325 e. The molecule has 28 heavy (non-hydrogen) atoms. The van der Waals surface area contributed by atoms with Crippen molar-refractivity contribution in [3.63, 3.8) is 0 Å². The minimum Gasteiger partial charge on any atom is -0.372 e. The predicted molar refractivity (Wildman–Crippen MR) is 110 cm³/mol. The van der Waals surface area contributed by atoms with Crippen LogP contribution in [-0.2, 0) is 11.3 Å². The molecular formula is C22H32N4O2. The summed E-state index contributed by atoms with van der Waals surface area (Å²) in [7, 11) is 0. The fourth-order valence-electron chi connectivity index (χ4n) is 4.77. The summed E-state index contributed by atoms with van der Waals surface area (Å²) in [5.74, 6) is -0.0108. The molecule has 0 bridgehead atoms. The molecule has 152 valence electrons. The average Bonchev–Trinajstić information content (AvgIpc) is 3.29. The predicted octanol–water partition coefficient (Wildman–Crippen LogP) is 3.02. The van der Waals surface area contributed by atoms with Crippen LogP contribution in [0.25, 0.3) is 0 Å². The number of amides is 3. The molecule has 1 saturated carbocycles. The van der Waals surface area contributed by atoms with Crippen molar-refractivity contribution < 1.29 is 9.59 Å². The van der Waals surface area contributed by atoms with Gasteiger partial charge in [0.2, 0.25) is 0 Å². The van der Waals surface area contributed by atoms with Gasteiger partial charge < -0.3 is 15.5 Å². The van der Waals surface area contributed by atoms with Gasteiger partial charge in [-0.15, -0.1) is 0 Å². The monoisotopic (exact) mass is 384 g/mol. The molecule has 2 aliphatic heterocycles. The highest BCUT2D eigenvalue weighted by molar-refractivity contribution is 6.07. The number of piperidine rings is 1. The second-order valence-electron chi connectivity index (χ2n) is 8.42. The SMILES string of the molecule is O=C1NC2(CCCC2)C(=O)N1CCCNCc1ccc(N2CCCCC2)cc1. The van der Waals surface area contributed by atoms with Crippen LogP contribution < -0.4 is 15.5 Å². The molecule has 1 aromatic carbocycles. The number of imide groups is 1. The summed E-state index contributed by atoms with van der Waals surface area (Å²) in [5, 5.41) is 6.37. The van der Waals surface area contributed by atoms with E-state index >= 15 is 0 Å². The fraction of sp³-hybridized carbons (Fsp3) is 0.636. The Morgan fingerprint density at radius 2 is 1.68 bits per heavy atom. The molecule has 0 aromatic heterocycles. The molecule has 3 aliphatic rings. The Morgan fingerprint density at radius 1 is 0.964 bits per heavy atom. The second-order valence-corrected chi connectivity index (χ2v) is 8.42. The molecule has 1 spiro atoms. The minimum atomic E-state index is -0.583. The van der Waals surface area contributed by atoms with Crippen molar-refractivity contribution in [2.24, 2.45) is 0 Å². The lowest BCUT2D eigenvalue weighted by Crippen LogP contribution is -2.44. The molecule has 2 saturated heterocycles. The molecule has 1 aromatic rings. The number of benzene rings is 1. The third kappa shape index (κ3) is 4.02. The number of hydrogen-bond donors (Lipinski definition) is 2. The highest BCUT2D eigenvalue weighted by Crippen LogP contribution is 2.35. The van der Waals surface area contributed by atoms with Crippen molar-refractivity contribution in [2.45, 2.75) is 63.5 Å². The lowest BCUT2D eigenvalue weighted by atomic mass is 9.98. The van der Waals surface area contributed by atoms with Gasteiger partial charge in [-0.2, -0.15) is 0 Å². The van der Waals surface area contributed by atoms with E-state index in [9.17, 15) is 9.59 Å². The van der Waals surface area contributed by atoms with E-state index in [1.807, 2.05) is 0 Å². The van der Waals surface area contributed by atoms with Crippen LogP contribution in [0.15, 0.2) is 24.3 Å². The Balaban J connectivity index is 1.18. The maximum atomic E-state index is 12.6. The molecule has 6 heteroatoms. The van der Waals surface area contributed by atoms with E-state index < -0.39 is 5.54 Å². The van der Waals surface area contributed by atoms with E-state index in [1.54, 1.807) is 0 Å². The average molecular weight is 385 g/mol. The molecular weight excluding hydrogens is 352 g/mol. The second kappa shape index (κ2) is 8.52. The Kier molecular flexibility index (Phi) is 5.85. The quantitative estimate of drug-likeness (QED) is 0.560. The standard InChI is InChI=1S/C22H32N4O2/c27-20-22(11-2-3-12-22)24-21(28)26(20)16-6-13-23-17-18-7-9-19(10-8-18)25-14-4-1-5-15-25/h7-10,23H,1-6,11-17H2,(H,24,28). The van der Waals surface area contributed by atoms with Gasteiger partial charge in [-0.3, -0.25) is 9.69 Å². The van der Waals surface area contributed by atoms with Crippen LogP contribution in [0.1, 0.15) is 56.9 Å². The largest absolute Gasteiger partial charge is 0.372 e. The highest BCUT2D eigenvalue weighted by atomic mass is 16.2. The topological polar surface area (TPSA) is 64.7 Å². The first-order valence-electron chi connectivity index (χ1n) is 10.9. The fourth-order valence-corrected chi connectivity index (χ4v) is 4.77. The van der Waals surface area contributed by atoms with Gasteiger partial charge in [0.15, 0.2) is 0 Å². The van der Waals surface area contributed by atoms with Gasteiger partial charge in [0.1, 0.15) is 5.54 Å². The third-order valence-electron chi connectivity index (χ3n) is 6.42. The molecule has 0 radical (unpaired) electrons. The molecule has 2 N–H and O–H groups in total. The van der Waals surface area contributed by atoms with Gasteiger partial charge in [-0.1, -0.05) is 25.0 Å². The number of nitrogens with one attached hydrogen (secondary N) is 2. The molecule has 1 aliphatic carbocycles. The number of rotatable bonds is 7. The molecule has 3 fully saturated rings. The van der Waals surface area contributed by atoms with Gasteiger partial charge in [0.25, 0.3) is 5.91 Å². The Labute approximate surface area is 167 Å². The summed E-state index contributed by atoms with van der Waals surface area (Å²) in [6.45, 7) is 4.43. The van der Waals surface area contributed by atoms with Crippen LogP contribution in [0.5, 0.6) is 0 Å². The zero-order chi connectivity index (χ0) is 19.4. The van der Waals surface area contributed by atoms with Crippen LogP contribution in [0.2, 0.25) is 0 Å². The molecule has 0 unspecified atom stereocenters. The summed E-state index contributed by atoms with van der Waals surface area (Å²) in [4.78, 5) is 28.7. The van der Waals surface area contributed by atoms with Crippen LogP contribution in [-0.4, -0.2) is 48.6 Å². The van der Waals surface area contributed by atoms with Crippen molar-refractivity contribution in [3.8, 4) is 0 Å². The molecule has 4 rings (SSSR count). The number of urea groups is 1. The molecule has 3 amide bonds. The Hall–Kier alpha value is -2.08. The van der Waals surface area contributed by atoms with E-state index in [0.29, 0.717) is 6.54 Å². The zero-order valence-corrected chi connectivity index (χ0v) is 16.7. The first-order chi connectivity index (χ1) is 13.7. The Bertz CT molecular complexity index is 691. The van der Waals surface area contributed by atoms with Crippen molar-refractivity contribution in [3.05, 3.63) is 29.8 Å². The zero-order valence-electron chi connectivity index (χ0n) is 16.7. The lowest BCUT2D eigenvalue weighted by molar-refractivity contribution is -0.131. The summed E-state index contributed by atoms with van der Waals surface area (Å²) in [6.07, 6.45) is 8.35. The number of hydrogen-bond acceptors (Lipinski definition) is 4. The van der Waals surface area contributed by atoms with Gasteiger partial charge in [-0.25, -0.2) is 4.79 Å². The third-order valence-corrected chi connectivity index (χ3v) is 6.42. The van der Waals surface area contributed by atoms with Crippen LogP contribution in [0, 0.1) is 0 Å². The molecule has 0 atom stereocenters. The molecule has 2 heterocycles. The van der Waals surface area contributed by atoms with Gasteiger partial charge in [0.05, 0.1) is 0 Å². The van der Waals surface area contributed by atoms with E-state index in [-0.39, 0.29) is 11.9 Å². The van der Waals surface area contributed by atoms with Crippen LogP contribution >= 0.6 is 0 Å². The van der Waals surface area contributed by atoms with E-state index in [4.69, 9.17) is 0 Å². The minimum absolute atomic E-state index is 0.0108. The van der Waals surface area contributed by atoms with Crippen molar-refractivity contribution in [2.75, 3.05) is 31.1 Å². The number of anilines is 1. The number of carbonyl (C=O) groups excluding carboxylic acids is 2. The van der Waals surface area contributed by atoms with Gasteiger partial charge >= 0.3 is 6.03 Å². The lowest BCUT2D eigenvalue weighted by Gasteiger charge is -2.28. The van der Waals surface area contributed by atoms with E-state index in [2.05, 4.69) is 39.8 Å². The van der Waals surface area contributed by atoms with E-state index in [1.165, 1.54) is 48.5 Å².